The van der Waals surface area contributed by atoms with Crippen LogP contribution in [0.2, 0.25) is 0 Å². The first-order valence-electron chi connectivity index (χ1n) is 2.28. The van der Waals surface area contributed by atoms with E-state index >= 15 is 0 Å². The van der Waals surface area contributed by atoms with Crippen molar-refractivity contribution in [3.05, 3.63) is 12.2 Å². The number of allylic oxidation sites excluding steroid dienone is 1. The van der Waals surface area contributed by atoms with Crippen LogP contribution in [0.25, 0.3) is 0 Å². The molecule has 0 amide bonds. The van der Waals surface area contributed by atoms with Crippen molar-refractivity contribution < 1.29 is 0 Å². The summed E-state index contributed by atoms with van der Waals surface area (Å²) in [5.41, 5.74) is 0. The second-order valence-corrected chi connectivity index (χ2v) is 1.98. The van der Waals surface area contributed by atoms with Crippen LogP contribution in [-0.2, 0) is 0 Å². The molecule has 0 aliphatic rings. The minimum Gasteiger partial charge on any atom is -0.179 e. The molecule has 0 heterocycles. The van der Waals surface area contributed by atoms with E-state index in [0.717, 1.165) is 17.9 Å². The molecule has 0 unspecified atom stereocenters. The fourth-order valence-corrected chi connectivity index (χ4v) is 0.565. The Balaban J connectivity index is 2.78. The lowest BCUT2D eigenvalue weighted by atomic mass is 10.4. The van der Waals surface area contributed by atoms with E-state index in [1.54, 1.807) is 0 Å². The van der Waals surface area contributed by atoms with Crippen molar-refractivity contribution >= 4 is 25.3 Å². The zero-order valence-corrected chi connectivity index (χ0v) is 5.96. The molecule has 0 aromatic rings. The molecular weight excluding hydrogens is 124 g/mol. The van der Waals surface area contributed by atoms with Gasteiger partial charge in [-0.2, -0.15) is 25.3 Å². The van der Waals surface area contributed by atoms with E-state index in [0.29, 0.717) is 0 Å². The number of rotatable bonds is 3. The number of hydrogen-bond acceptors (Lipinski definition) is 2. The van der Waals surface area contributed by atoms with Crippen LogP contribution in [0.15, 0.2) is 12.2 Å². The van der Waals surface area contributed by atoms with Gasteiger partial charge in [0, 0.05) is 5.75 Å². The van der Waals surface area contributed by atoms with Gasteiger partial charge >= 0.3 is 0 Å². The Bertz CT molecular complexity index is 50.0. The molecular formula is C5H10S2. The van der Waals surface area contributed by atoms with Gasteiger partial charge in [0.05, 0.1) is 0 Å². The summed E-state index contributed by atoms with van der Waals surface area (Å²) in [6.45, 7) is 0. The Morgan fingerprint density at radius 2 is 1.86 bits per heavy atom. The topological polar surface area (TPSA) is 0 Å². The SMILES string of the molecule is SC/C=C/CCS. The second kappa shape index (κ2) is 6.44. The molecule has 0 saturated carbocycles. The van der Waals surface area contributed by atoms with E-state index in [1.807, 2.05) is 6.08 Å². The minimum atomic E-state index is 0.841. The standard InChI is InChI=1S/C5H10S2/c6-4-2-1-3-5-7/h1-2,6-7H,3-5H2/b2-1+. The first kappa shape index (κ1) is 7.44. The molecule has 42 valence electrons. The highest BCUT2D eigenvalue weighted by molar-refractivity contribution is 7.80. The molecule has 7 heavy (non-hydrogen) atoms. The van der Waals surface area contributed by atoms with E-state index in [-0.39, 0.29) is 0 Å². The van der Waals surface area contributed by atoms with Crippen LogP contribution in [0.5, 0.6) is 0 Å². The van der Waals surface area contributed by atoms with E-state index in [4.69, 9.17) is 0 Å². The van der Waals surface area contributed by atoms with Crippen molar-refractivity contribution in [2.24, 2.45) is 0 Å². The summed E-state index contributed by atoms with van der Waals surface area (Å²) in [4.78, 5) is 0. The van der Waals surface area contributed by atoms with Gasteiger partial charge in [0.1, 0.15) is 0 Å². The van der Waals surface area contributed by atoms with Crippen LogP contribution in [0, 0.1) is 0 Å². The first-order valence-corrected chi connectivity index (χ1v) is 3.55. The van der Waals surface area contributed by atoms with Gasteiger partial charge in [0.2, 0.25) is 0 Å². The summed E-state index contributed by atoms with van der Waals surface area (Å²) < 4.78 is 0. The second-order valence-electron chi connectivity index (χ2n) is 1.17. The molecule has 0 aliphatic carbocycles. The predicted octanol–water partition coefficient (Wildman–Crippen LogP) is 1.79. The molecule has 0 atom stereocenters. The molecule has 0 nitrogen and oxygen atoms in total. The quantitative estimate of drug-likeness (QED) is 0.427. The monoisotopic (exact) mass is 134 g/mol. The van der Waals surface area contributed by atoms with Crippen LogP contribution in [0.1, 0.15) is 6.42 Å². The Kier molecular flexibility index (Phi) is 6.84. The summed E-state index contributed by atoms with van der Waals surface area (Å²) in [6, 6.07) is 0. The summed E-state index contributed by atoms with van der Waals surface area (Å²) in [5, 5.41) is 0. The van der Waals surface area contributed by atoms with Gasteiger partial charge in [0.15, 0.2) is 0 Å². The zero-order valence-electron chi connectivity index (χ0n) is 4.17. The number of thiol groups is 2. The minimum absolute atomic E-state index is 0.841. The first-order chi connectivity index (χ1) is 3.41. The molecule has 0 fully saturated rings. The van der Waals surface area contributed by atoms with E-state index in [9.17, 15) is 0 Å². The predicted molar refractivity (Wildman–Crippen MR) is 41.5 cm³/mol. The van der Waals surface area contributed by atoms with Gasteiger partial charge in [-0.25, -0.2) is 0 Å². The van der Waals surface area contributed by atoms with Crippen LogP contribution in [0.3, 0.4) is 0 Å². The smallest absolute Gasteiger partial charge is 0.00825 e. The van der Waals surface area contributed by atoms with Gasteiger partial charge in [-0.3, -0.25) is 0 Å². The lowest BCUT2D eigenvalue weighted by Gasteiger charge is -1.79. The highest BCUT2D eigenvalue weighted by atomic mass is 32.1. The van der Waals surface area contributed by atoms with Crippen molar-refractivity contribution in [1.29, 1.82) is 0 Å². The molecule has 0 aromatic carbocycles. The summed E-state index contributed by atoms with van der Waals surface area (Å²) in [7, 11) is 0. The van der Waals surface area contributed by atoms with Crippen LogP contribution >= 0.6 is 25.3 Å². The van der Waals surface area contributed by atoms with Gasteiger partial charge in [-0.15, -0.1) is 0 Å². The molecule has 0 N–H and O–H groups in total. The molecule has 0 bridgehead atoms. The van der Waals surface area contributed by atoms with Crippen LogP contribution in [-0.4, -0.2) is 11.5 Å². The molecule has 0 spiro atoms. The average molecular weight is 134 g/mol. The maximum Gasteiger partial charge on any atom is 0.00825 e. The van der Waals surface area contributed by atoms with Crippen molar-refractivity contribution in [2.45, 2.75) is 6.42 Å². The van der Waals surface area contributed by atoms with Crippen molar-refractivity contribution in [1.82, 2.24) is 0 Å². The lowest BCUT2D eigenvalue weighted by molar-refractivity contribution is 1.25. The van der Waals surface area contributed by atoms with Gasteiger partial charge in [0.25, 0.3) is 0 Å². The summed E-state index contributed by atoms with van der Waals surface area (Å²) >= 11 is 8.00. The average Bonchev–Trinajstić information content (AvgIpc) is 1.69. The Labute approximate surface area is 55.8 Å². The largest absolute Gasteiger partial charge is 0.179 e. The van der Waals surface area contributed by atoms with Crippen molar-refractivity contribution in [2.75, 3.05) is 11.5 Å². The molecule has 0 radical (unpaired) electrons. The molecule has 0 saturated heterocycles. The Morgan fingerprint density at radius 3 is 2.29 bits per heavy atom. The van der Waals surface area contributed by atoms with E-state index in [1.165, 1.54) is 0 Å². The molecule has 0 aromatic heterocycles. The fourth-order valence-electron chi connectivity index (χ4n) is 0.267. The highest BCUT2D eigenvalue weighted by Crippen LogP contribution is 1.85. The summed E-state index contributed by atoms with van der Waals surface area (Å²) in [5.74, 6) is 1.78. The van der Waals surface area contributed by atoms with Gasteiger partial charge in [-0.1, -0.05) is 12.2 Å². The molecule has 0 aliphatic heterocycles. The fraction of sp³-hybridized carbons (Fsp3) is 0.600. The lowest BCUT2D eigenvalue weighted by Crippen LogP contribution is -1.66. The normalized spacial score (nSPS) is 10.6. The summed E-state index contributed by atoms with van der Waals surface area (Å²) in [6.07, 6.45) is 5.17. The number of hydrogen-bond donors (Lipinski definition) is 2. The van der Waals surface area contributed by atoms with Crippen molar-refractivity contribution in [3.8, 4) is 0 Å². The van der Waals surface area contributed by atoms with E-state index in [2.05, 4.69) is 31.3 Å². The zero-order chi connectivity index (χ0) is 5.54. The van der Waals surface area contributed by atoms with Crippen LogP contribution in [0.4, 0.5) is 0 Å². The third-order valence-corrected chi connectivity index (χ3v) is 1.04. The highest BCUT2D eigenvalue weighted by Gasteiger charge is 1.68. The molecule has 2 heteroatoms. The maximum atomic E-state index is 4.02. The maximum absolute atomic E-state index is 4.02. The molecule has 0 rings (SSSR count). The Hall–Kier alpha value is 0.440. The van der Waals surface area contributed by atoms with Crippen molar-refractivity contribution in [3.63, 3.8) is 0 Å². The van der Waals surface area contributed by atoms with E-state index < -0.39 is 0 Å². The third-order valence-electron chi connectivity index (χ3n) is 0.568. The Morgan fingerprint density at radius 1 is 1.14 bits per heavy atom. The van der Waals surface area contributed by atoms with Gasteiger partial charge < -0.3 is 0 Å². The third kappa shape index (κ3) is 6.44. The van der Waals surface area contributed by atoms with Gasteiger partial charge in [-0.05, 0) is 12.2 Å². The van der Waals surface area contributed by atoms with Crippen LogP contribution < -0.4 is 0 Å².